The highest BCUT2D eigenvalue weighted by Crippen LogP contribution is 2.34. The Balaban J connectivity index is 1.31. The van der Waals surface area contributed by atoms with Crippen molar-refractivity contribution in [2.45, 2.75) is 69.0 Å². The molecule has 3 aliphatic rings. The van der Waals surface area contributed by atoms with Gasteiger partial charge in [-0.25, -0.2) is 9.48 Å². The number of rotatable bonds is 5. The van der Waals surface area contributed by atoms with Gasteiger partial charge in [-0.1, -0.05) is 24.5 Å². The van der Waals surface area contributed by atoms with Gasteiger partial charge in [0.1, 0.15) is 18.2 Å². The first-order valence-corrected chi connectivity index (χ1v) is 9.96. The fourth-order valence-corrected chi connectivity index (χ4v) is 4.34. The molecule has 0 spiro atoms. The summed E-state index contributed by atoms with van der Waals surface area (Å²) in [6, 6.07) is 0.0385. The molecule has 1 aromatic rings. The Bertz CT molecular complexity index is 645. The van der Waals surface area contributed by atoms with Crippen molar-refractivity contribution < 1.29 is 14.3 Å². The molecule has 4 rings (SSSR count). The SMILES string of the molecule is CN(C)Cc1cn([C@@H]2CO[C@@H]3[C@@H]2OC[C@@H]3NC(=O)NC2CCCCC2)nn1. The van der Waals surface area contributed by atoms with Crippen LogP contribution >= 0.6 is 0 Å². The van der Waals surface area contributed by atoms with E-state index in [0.717, 1.165) is 25.1 Å². The first kappa shape index (κ1) is 18.6. The van der Waals surface area contributed by atoms with Crippen LogP contribution in [0.5, 0.6) is 0 Å². The summed E-state index contributed by atoms with van der Waals surface area (Å²) in [6.45, 7) is 1.72. The van der Waals surface area contributed by atoms with Crippen LogP contribution in [0.3, 0.4) is 0 Å². The fourth-order valence-electron chi connectivity index (χ4n) is 4.34. The third-order valence-corrected chi connectivity index (χ3v) is 5.66. The highest BCUT2D eigenvalue weighted by atomic mass is 16.6. The number of nitrogens with one attached hydrogen (secondary N) is 2. The molecule has 0 unspecified atom stereocenters. The van der Waals surface area contributed by atoms with Gasteiger partial charge in [0.15, 0.2) is 0 Å². The summed E-state index contributed by atoms with van der Waals surface area (Å²) in [5.74, 6) is 0. The zero-order valence-electron chi connectivity index (χ0n) is 16.1. The van der Waals surface area contributed by atoms with E-state index >= 15 is 0 Å². The van der Waals surface area contributed by atoms with Gasteiger partial charge in [0.25, 0.3) is 0 Å². The van der Waals surface area contributed by atoms with E-state index in [0.29, 0.717) is 19.3 Å². The minimum atomic E-state index is -0.145. The molecule has 9 heteroatoms. The van der Waals surface area contributed by atoms with Gasteiger partial charge in [-0.05, 0) is 26.9 Å². The Hall–Kier alpha value is -1.71. The zero-order valence-corrected chi connectivity index (χ0v) is 16.1. The Kier molecular flexibility index (Phi) is 5.60. The minimum Gasteiger partial charge on any atom is -0.371 e. The number of nitrogens with zero attached hydrogens (tertiary/aromatic N) is 4. The van der Waals surface area contributed by atoms with E-state index in [2.05, 4.69) is 25.8 Å². The van der Waals surface area contributed by atoms with Crippen LogP contribution in [0, 0.1) is 0 Å². The van der Waals surface area contributed by atoms with Crippen molar-refractivity contribution in [3.8, 4) is 0 Å². The van der Waals surface area contributed by atoms with E-state index in [1.54, 1.807) is 0 Å². The molecule has 3 heterocycles. The van der Waals surface area contributed by atoms with E-state index < -0.39 is 0 Å². The molecule has 2 N–H and O–H groups in total. The number of ether oxygens (including phenoxy) is 2. The van der Waals surface area contributed by atoms with Crippen LogP contribution in [0.15, 0.2) is 6.20 Å². The highest BCUT2D eigenvalue weighted by Gasteiger charge is 2.49. The molecule has 150 valence electrons. The van der Waals surface area contributed by atoms with Gasteiger partial charge in [0.2, 0.25) is 0 Å². The summed E-state index contributed by atoms with van der Waals surface area (Å²) >= 11 is 0. The molecule has 2 amide bonds. The lowest BCUT2D eigenvalue weighted by Crippen LogP contribution is -2.50. The third-order valence-electron chi connectivity index (χ3n) is 5.66. The van der Waals surface area contributed by atoms with Gasteiger partial charge in [0.05, 0.1) is 31.1 Å². The molecule has 2 aliphatic heterocycles. The molecule has 1 aliphatic carbocycles. The molecule has 0 radical (unpaired) electrons. The maximum Gasteiger partial charge on any atom is 0.315 e. The minimum absolute atomic E-state index is 0.00776. The average Bonchev–Trinajstić information content (AvgIpc) is 3.33. The quantitative estimate of drug-likeness (QED) is 0.783. The van der Waals surface area contributed by atoms with E-state index in [1.165, 1.54) is 19.3 Å². The van der Waals surface area contributed by atoms with E-state index in [4.69, 9.17) is 9.47 Å². The summed E-state index contributed by atoms with van der Waals surface area (Å²) in [5.41, 5.74) is 0.919. The number of aromatic nitrogens is 3. The van der Waals surface area contributed by atoms with Crippen molar-refractivity contribution in [1.29, 1.82) is 0 Å². The van der Waals surface area contributed by atoms with Gasteiger partial charge < -0.3 is 25.0 Å². The molecule has 0 aromatic carbocycles. The van der Waals surface area contributed by atoms with Crippen molar-refractivity contribution in [3.05, 3.63) is 11.9 Å². The summed E-state index contributed by atoms with van der Waals surface area (Å²) in [6.07, 6.45) is 7.50. The third kappa shape index (κ3) is 4.25. The molecule has 9 nitrogen and oxygen atoms in total. The maximum absolute atomic E-state index is 12.3. The highest BCUT2D eigenvalue weighted by molar-refractivity contribution is 5.74. The van der Waals surface area contributed by atoms with Gasteiger partial charge in [-0.15, -0.1) is 5.10 Å². The second-order valence-electron chi connectivity index (χ2n) is 8.15. The Morgan fingerprint density at radius 1 is 1.19 bits per heavy atom. The van der Waals surface area contributed by atoms with E-state index in [9.17, 15) is 4.79 Å². The largest absolute Gasteiger partial charge is 0.371 e. The molecule has 1 saturated carbocycles. The number of urea groups is 1. The lowest BCUT2D eigenvalue weighted by atomic mass is 9.96. The molecular formula is C18H30N6O3. The second kappa shape index (κ2) is 8.12. The summed E-state index contributed by atoms with van der Waals surface area (Å²) in [7, 11) is 4.00. The Morgan fingerprint density at radius 3 is 2.74 bits per heavy atom. The van der Waals surface area contributed by atoms with Crippen LogP contribution in [-0.2, 0) is 16.0 Å². The second-order valence-corrected chi connectivity index (χ2v) is 8.15. The maximum atomic E-state index is 12.3. The van der Waals surface area contributed by atoms with Crippen molar-refractivity contribution in [3.63, 3.8) is 0 Å². The number of hydrogen-bond donors (Lipinski definition) is 2. The predicted octanol–water partition coefficient (Wildman–Crippen LogP) is 0.679. The van der Waals surface area contributed by atoms with Crippen LogP contribution < -0.4 is 10.6 Å². The molecule has 4 atom stereocenters. The van der Waals surface area contributed by atoms with Gasteiger partial charge in [-0.3, -0.25) is 0 Å². The Morgan fingerprint density at radius 2 is 1.96 bits per heavy atom. The summed E-state index contributed by atoms with van der Waals surface area (Å²) < 4.78 is 13.8. The van der Waals surface area contributed by atoms with Crippen LogP contribution in [0.1, 0.15) is 43.8 Å². The van der Waals surface area contributed by atoms with Crippen LogP contribution in [0.25, 0.3) is 0 Å². The standard InChI is InChI=1S/C18H30N6O3/c1-23(2)8-13-9-24(22-21-13)15-11-27-16-14(10-26-17(15)16)20-18(25)19-12-6-4-3-5-7-12/h9,12,14-17H,3-8,10-11H2,1-2H3,(H2,19,20,25)/t14-,15+,16-,17+/m0/s1. The normalized spacial score (nSPS) is 31.2. The average molecular weight is 378 g/mol. The predicted molar refractivity (Wildman–Crippen MR) is 98.3 cm³/mol. The van der Waals surface area contributed by atoms with Crippen molar-refractivity contribution in [2.24, 2.45) is 0 Å². The first-order chi connectivity index (χ1) is 13.1. The number of carbonyl (C=O) groups is 1. The van der Waals surface area contributed by atoms with E-state index in [1.807, 2.05) is 25.0 Å². The summed E-state index contributed by atoms with van der Waals surface area (Å²) in [4.78, 5) is 14.4. The van der Waals surface area contributed by atoms with Crippen molar-refractivity contribution in [2.75, 3.05) is 27.3 Å². The molecule has 3 fully saturated rings. The molecule has 2 saturated heterocycles. The lowest BCUT2D eigenvalue weighted by molar-refractivity contribution is 0.0622. The number of amides is 2. The van der Waals surface area contributed by atoms with Crippen LogP contribution in [-0.4, -0.2) is 77.5 Å². The lowest BCUT2D eigenvalue weighted by Gasteiger charge is -2.24. The molecule has 1 aromatic heterocycles. The first-order valence-electron chi connectivity index (χ1n) is 9.96. The van der Waals surface area contributed by atoms with Gasteiger partial charge in [-0.2, -0.15) is 0 Å². The monoisotopic (exact) mass is 378 g/mol. The van der Waals surface area contributed by atoms with Crippen molar-refractivity contribution >= 4 is 6.03 Å². The zero-order chi connectivity index (χ0) is 18.8. The van der Waals surface area contributed by atoms with E-state index in [-0.39, 0.29) is 30.3 Å². The van der Waals surface area contributed by atoms with Crippen LogP contribution in [0.4, 0.5) is 4.79 Å². The number of carbonyl (C=O) groups excluding carboxylic acids is 1. The Labute approximate surface area is 159 Å². The fraction of sp³-hybridized carbons (Fsp3) is 0.833. The number of hydrogen-bond acceptors (Lipinski definition) is 6. The van der Waals surface area contributed by atoms with Gasteiger partial charge >= 0.3 is 6.03 Å². The molecule has 27 heavy (non-hydrogen) atoms. The topological polar surface area (TPSA) is 93.5 Å². The van der Waals surface area contributed by atoms with Crippen molar-refractivity contribution in [1.82, 2.24) is 30.5 Å². The molecular weight excluding hydrogens is 348 g/mol. The van der Waals surface area contributed by atoms with Gasteiger partial charge in [0, 0.05) is 12.6 Å². The summed E-state index contributed by atoms with van der Waals surface area (Å²) in [5, 5.41) is 14.6. The smallest absolute Gasteiger partial charge is 0.315 e. The molecule has 0 bridgehead atoms. The van der Waals surface area contributed by atoms with Crippen LogP contribution in [0.2, 0.25) is 0 Å². The number of fused-ring (bicyclic) bond motifs is 1.